The molecule has 2 aliphatic rings. The molecule has 3 atom stereocenters. The van der Waals surface area contributed by atoms with Gasteiger partial charge in [0.05, 0.1) is 17.0 Å². The van der Waals surface area contributed by atoms with Gasteiger partial charge in [-0.25, -0.2) is 9.97 Å². The van der Waals surface area contributed by atoms with Crippen LogP contribution in [0.15, 0.2) is 27.6 Å². The van der Waals surface area contributed by atoms with Crippen LogP contribution in [0.4, 0.5) is 5.82 Å². The molecule has 7 N–H and O–H groups in total. The molecule has 1 unspecified atom stereocenters. The molecule has 38 heavy (non-hydrogen) atoms. The molecule has 2 fully saturated rings. The second-order valence-electron chi connectivity index (χ2n) is 8.18. The zero-order valence-electron chi connectivity index (χ0n) is 20.0. The van der Waals surface area contributed by atoms with Gasteiger partial charge in [-0.15, -0.1) is 11.8 Å². The van der Waals surface area contributed by atoms with Crippen molar-refractivity contribution >= 4 is 75.9 Å². The number of carboxylic acid groups (broad SMARTS) is 1. The number of pyridine rings is 1. The average molecular weight is 600 g/mol. The molecular formula is C21H25N7O6S4. The van der Waals surface area contributed by atoms with Crippen molar-refractivity contribution in [2.24, 2.45) is 10.9 Å². The first-order valence-electron chi connectivity index (χ1n) is 11.1. The molecule has 0 spiro atoms. The van der Waals surface area contributed by atoms with E-state index in [1.54, 1.807) is 17.8 Å². The van der Waals surface area contributed by atoms with Gasteiger partial charge in [-0.2, -0.15) is 11.8 Å². The molecule has 17 heteroatoms. The van der Waals surface area contributed by atoms with Gasteiger partial charge in [0.15, 0.2) is 5.71 Å². The Morgan fingerprint density at radius 1 is 1.39 bits per heavy atom. The number of ether oxygens (including phenoxy) is 1. The van der Waals surface area contributed by atoms with Crippen LogP contribution in [0.5, 0.6) is 5.19 Å². The van der Waals surface area contributed by atoms with Crippen LogP contribution >= 0.6 is 46.6 Å². The molecule has 2 aromatic rings. The second kappa shape index (κ2) is 12.0. The number of hydrogen-bond acceptors (Lipinski definition) is 14. The van der Waals surface area contributed by atoms with Crippen LogP contribution in [-0.2, 0) is 20.1 Å². The quantitative estimate of drug-likeness (QED) is 0.0786. The number of rotatable bonds is 11. The zero-order valence-corrected chi connectivity index (χ0v) is 23.3. The lowest BCUT2D eigenvalue weighted by atomic mass is 10.0. The number of hydrogen-bond donors (Lipinski definition) is 5. The zero-order chi connectivity index (χ0) is 27.4. The highest BCUT2D eigenvalue weighted by Gasteiger charge is 2.58. The van der Waals surface area contributed by atoms with E-state index in [2.05, 4.69) is 20.4 Å². The van der Waals surface area contributed by atoms with Crippen LogP contribution in [0.3, 0.4) is 0 Å². The maximum Gasteiger partial charge on any atom is 0.322 e. The number of fused-ring (bicyclic) bond motifs is 1. The van der Waals surface area contributed by atoms with Gasteiger partial charge in [0, 0.05) is 30.3 Å². The number of oxime groups is 1. The summed E-state index contributed by atoms with van der Waals surface area (Å²) in [6, 6.07) is 3.60. The number of methoxy groups -OCH3 is 1. The Morgan fingerprint density at radius 3 is 2.84 bits per heavy atom. The molecule has 2 saturated heterocycles. The van der Waals surface area contributed by atoms with Crippen molar-refractivity contribution in [3.8, 4) is 5.19 Å². The highest BCUT2D eigenvalue weighted by atomic mass is 32.2. The molecule has 4 heterocycles. The topological polar surface area (TPSA) is 206 Å². The Labute approximate surface area is 234 Å². The van der Waals surface area contributed by atoms with Crippen LogP contribution in [-0.4, -0.2) is 96.5 Å². The van der Waals surface area contributed by atoms with E-state index in [9.17, 15) is 24.7 Å². The van der Waals surface area contributed by atoms with Gasteiger partial charge in [0.2, 0.25) is 5.91 Å². The molecular weight excluding hydrogens is 575 g/mol. The predicted octanol–water partition coefficient (Wildman–Crippen LogP) is 0.515. The third-order valence-electron chi connectivity index (χ3n) is 5.66. The minimum Gasteiger partial charge on any atom is -0.480 e. The fraction of sp³-hybridized carbons (Fsp3) is 0.429. The normalized spacial score (nSPS) is 22.9. The van der Waals surface area contributed by atoms with Gasteiger partial charge >= 0.3 is 5.97 Å². The Morgan fingerprint density at radius 2 is 2.18 bits per heavy atom. The molecule has 0 bridgehead atoms. The van der Waals surface area contributed by atoms with Gasteiger partial charge in [-0.05, 0) is 12.1 Å². The molecule has 0 saturated carbocycles. The summed E-state index contributed by atoms with van der Waals surface area (Å²) in [5.74, 6) is -0.682. The maximum absolute atomic E-state index is 13.0. The minimum atomic E-state index is -1.32. The smallest absolute Gasteiger partial charge is 0.322 e. The van der Waals surface area contributed by atoms with Crippen LogP contribution in [0.2, 0.25) is 0 Å². The first-order chi connectivity index (χ1) is 18.2. The lowest BCUT2D eigenvalue weighted by Crippen LogP contribution is -2.74. The number of thioether (sulfide) groups is 3. The standard InChI is InChI=1S/C21H25N7O6S4/c1-34-20-25-11(7-35-6-5-22)18(37-20)38-21(19(31)32)8-28-16(30)14(17(28)36-9-21)26-15(29)13(27-33)10-3-2-4-12(23)24-10/h2-4,14,17,33H,5-9,22H2,1H3,(H2,23,24)(H,26,29)(H,31,32)/t14-,17-,21?/m1/s1. The van der Waals surface area contributed by atoms with E-state index in [0.29, 0.717) is 27.4 Å². The van der Waals surface area contributed by atoms with Crippen molar-refractivity contribution in [3.05, 3.63) is 29.6 Å². The van der Waals surface area contributed by atoms with E-state index >= 15 is 0 Å². The van der Waals surface area contributed by atoms with Crippen LogP contribution in [0.25, 0.3) is 0 Å². The van der Waals surface area contributed by atoms with Crippen LogP contribution < -0.4 is 21.5 Å². The van der Waals surface area contributed by atoms with Gasteiger partial charge in [-0.3, -0.25) is 14.4 Å². The molecule has 2 aliphatic heterocycles. The number of β-lactam (4-membered cyclic amide) rings is 1. The minimum absolute atomic E-state index is 0.0478. The summed E-state index contributed by atoms with van der Waals surface area (Å²) in [6.07, 6.45) is 0. The summed E-state index contributed by atoms with van der Waals surface area (Å²) in [7, 11) is 1.50. The molecule has 0 aliphatic carbocycles. The number of nitrogens with one attached hydrogen (secondary N) is 1. The Kier molecular flexibility index (Phi) is 8.92. The van der Waals surface area contributed by atoms with E-state index in [4.69, 9.17) is 16.2 Å². The molecule has 4 rings (SSSR count). The van der Waals surface area contributed by atoms with E-state index in [0.717, 1.165) is 17.5 Å². The average Bonchev–Trinajstić information content (AvgIpc) is 3.29. The Balaban J connectivity index is 1.47. The van der Waals surface area contributed by atoms with Gasteiger partial charge in [0.1, 0.15) is 27.7 Å². The highest BCUT2D eigenvalue weighted by molar-refractivity contribution is 8.06. The summed E-state index contributed by atoms with van der Waals surface area (Å²) < 4.78 is 4.67. The van der Waals surface area contributed by atoms with Crippen molar-refractivity contribution in [3.63, 3.8) is 0 Å². The Bertz CT molecular complexity index is 1260. The summed E-state index contributed by atoms with van der Waals surface area (Å²) >= 11 is 5.27. The first kappa shape index (κ1) is 28.3. The second-order valence-corrected chi connectivity index (χ2v) is 13.0. The van der Waals surface area contributed by atoms with Gasteiger partial charge in [-0.1, -0.05) is 34.3 Å². The number of aliphatic carboxylic acids is 1. The molecule has 0 radical (unpaired) electrons. The fourth-order valence-electron chi connectivity index (χ4n) is 3.80. The van der Waals surface area contributed by atoms with Gasteiger partial charge < -0.3 is 36.7 Å². The number of thiazole rings is 1. The lowest BCUT2D eigenvalue weighted by molar-refractivity contribution is -0.151. The number of carboxylic acids is 1. The van der Waals surface area contributed by atoms with Crippen LogP contribution in [0, 0.1) is 0 Å². The van der Waals surface area contributed by atoms with E-state index < -0.39 is 33.9 Å². The monoisotopic (exact) mass is 599 g/mol. The SMILES string of the molecule is COc1nc(CSCCN)c(SC2(C(=O)O)CS[C@@H]3[C@H](NC(=O)C(=NO)c4cccc(N)n4)C(=O)N3C2)s1. The molecule has 0 aromatic carbocycles. The number of nitrogen functional groups attached to an aromatic ring is 1. The van der Waals surface area contributed by atoms with Crippen LogP contribution in [0.1, 0.15) is 11.4 Å². The maximum atomic E-state index is 13.0. The number of nitrogens with zero attached hydrogens (tertiary/aromatic N) is 4. The summed E-state index contributed by atoms with van der Waals surface area (Å²) in [5.41, 5.74) is 11.6. The molecule has 13 nitrogen and oxygen atoms in total. The van der Waals surface area contributed by atoms with Crippen molar-refractivity contribution in [2.45, 2.75) is 26.1 Å². The van der Waals surface area contributed by atoms with Crippen molar-refractivity contribution in [2.75, 3.05) is 37.4 Å². The number of anilines is 1. The Hall–Kier alpha value is -2.73. The third kappa shape index (κ3) is 5.66. The van der Waals surface area contributed by atoms with Crippen molar-refractivity contribution < 1.29 is 29.4 Å². The van der Waals surface area contributed by atoms with E-state index in [1.165, 1.54) is 47.2 Å². The fourth-order valence-corrected chi connectivity index (χ4v) is 8.90. The molecule has 204 valence electrons. The lowest BCUT2D eigenvalue weighted by Gasteiger charge is -2.53. The number of aromatic nitrogens is 2. The predicted molar refractivity (Wildman–Crippen MR) is 147 cm³/mol. The van der Waals surface area contributed by atoms with Crippen molar-refractivity contribution in [1.82, 2.24) is 20.2 Å². The van der Waals surface area contributed by atoms with E-state index in [1.807, 2.05) is 0 Å². The molecule has 2 amide bonds. The van der Waals surface area contributed by atoms with Crippen molar-refractivity contribution in [1.29, 1.82) is 0 Å². The highest BCUT2D eigenvalue weighted by Crippen LogP contribution is 2.49. The van der Waals surface area contributed by atoms with Gasteiger partial charge in [0.25, 0.3) is 11.1 Å². The largest absolute Gasteiger partial charge is 0.480 e. The number of amides is 2. The molecule has 2 aromatic heterocycles. The summed E-state index contributed by atoms with van der Waals surface area (Å²) in [6.45, 7) is 0.463. The number of nitrogens with two attached hydrogens (primary N) is 2. The first-order valence-corrected chi connectivity index (χ1v) is 15.0. The summed E-state index contributed by atoms with van der Waals surface area (Å²) in [4.78, 5) is 48.2. The third-order valence-corrected chi connectivity index (χ3v) is 11.0. The number of carbonyl (C=O) groups is 3. The summed E-state index contributed by atoms with van der Waals surface area (Å²) in [5, 5.41) is 25.2. The van der Waals surface area contributed by atoms with E-state index in [-0.39, 0.29) is 29.5 Å². The number of carbonyl (C=O) groups excluding carboxylic acids is 2.